The Morgan fingerprint density at radius 3 is 1.57 bits per heavy atom. The van der Waals surface area contributed by atoms with E-state index in [2.05, 4.69) is 0 Å². The summed E-state index contributed by atoms with van der Waals surface area (Å²) in [5, 5.41) is 19.3. The molecule has 1 aromatic rings. The predicted molar refractivity (Wildman–Crippen MR) is 80.1 cm³/mol. The van der Waals surface area contributed by atoms with Crippen LogP contribution in [0.25, 0.3) is 0 Å². The van der Waals surface area contributed by atoms with Gasteiger partial charge < -0.3 is 10.2 Å². The van der Waals surface area contributed by atoms with Gasteiger partial charge in [-0.15, -0.1) is 0 Å². The van der Waals surface area contributed by atoms with Crippen molar-refractivity contribution in [3.05, 3.63) is 30.3 Å². The second kappa shape index (κ2) is 7.36. The molecule has 0 aliphatic heterocycles. The Kier molecular flexibility index (Phi) is 6.09. The highest BCUT2D eigenvalue weighted by molar-refractivity contribution is 7.75. The number of hydrogen-bond acceptors (Lipinski definition) is 6. The molecular weight excluding hydrogens is 318 g/mol. The zero-order chi connectivity index (χ0) is 16.2. The average molecular weight is 333 g/mol. The van der Waals surface area contributed by atoms with Gasteiger partial charge in [0.15, 0.2) is 9.98 Å². The number of nitrogens with zero attached hydrogens (tertiary/aromatic N) is 1. The molecule has 116 valence electrons. The Bertz CT molecular complexity index is 699. The van der Waals surface area contributed by atoms with E-state index < -0.39 is 42.8 Å². The highest BCUT2D eigenvalue weighted by Gasteiger charge is 2.28. The van der Waals surface area contributed by atoms with Gasteiger partial charge in [0, 0.05) is 5.69 Å². The van der Waals surface area contributed by atoms with Gasteiger partial charge in [-0.3, -0.25) is 4.90 Å². The summed E-state index contributed by atoms with van der Waals surface area (Å²) in [6.07, 6.45) is -2.92. The zero-order valence-electron chi connectivity index (χ0n) is 11.3. The smallest absolute Gasteiger partial charge is 0.237 e. The lowest BCUT2D eigenvalue weighted by Crippen LogP contribution is -2.47. The van der Waals surface area contributed by atoms with Crippen molar-refractivity contribution in [2.75, 3.05) is 4.90 Å². The van der Waals surface area contributed by atoms with Crippen molar-refractivity contribution in [1.82, 2.24) is 0 Å². The van der Waals surface area contributed by atoms with Crippen molar-refractivity contribution in [2.45, 2.75) is 26.1 Å². The minimum Gasteiger partial charge on any atom is -0.386 e. The fourth-order valence-corrected chi connectivity index (χ4v) is 3.06. The van der Waals surface area contributed by atoms with Gasteiger partial charge in [0.25, 0.3) is 0 Å². The molecule has 0 amide bonds. The quantitative estimate of drug-likeness (QED) is 0.702. The van der Waals surface area contributed by atoms with Crippen molar-refractivity contribution in [2.24, 2.45) is 0 Å². The fourth-order valence-electron chi connectivity index (χ4n) is 1.74. The molecule has 9 heteroatoms. The lowest BCUT2D eigenvalue weighted by Gasteiger charge is -2.27. The molecule has 7 nitrogen and oxygen atoms in total. The zero-order valence-corrected chi connectivity index (χ0v) is 13.0. The molecule has 0 aromatic heterocycles. The van der Waals surface area contributed by atoms with E-state index in [1.165, 1.54) is 26.0 Å². The molecule has 0 heterocycles. The molecule has 21 heavy (non-hydrogen) atoms. The first-order valence-corrected chi connectivity index (χ1v) is 8.05. The average Bonchev–Trinajstić information content (AvgIpc) is 2.37. The Hall–Kier alpha value is -1.68. The molecule has 2 unspecified atom stereocenters. The van der Waals surface area contributed by atoms with Gasteiger partial charge in [-0.1, -0.05) is 18.2 Å². The van der Waals surface area contributed by atoms with Crippen LogP contribution in [0.2, 0.25) is 0 Å². The Morgan fingerprint density at radius 1 is 0.905 bits per heavy atom. The van der Waals surface area contributed by atoms with Gasteiger partial charge in [-0.2, -0.15) is 16.8 Å². The molecule has 0 bridgehead atoms. The molecule has 2 N–H and O–H groups in total. The van der Waals surface area contributed by atoms with Gasteiger partial charge in [0.05, 0.1) is 0 Å². The minimum atomic E-state index is -2.88. The van der Waals surface area contributed by atoms with Crippen LogP contribution in [-0.2, 0) is 20.6 Å². The molecule has 0 aliphatic carbocycles. The van der Waals surface area contributed by atoms with Crippen molar-refractivity contribution in [1.29, 1.82) is 0 Å². The number of para-hydroxylation sites is 1. The fraction of sp³-hybridized carbons (Fsp3) is 0.333. The van der Waals surface area contributed by atoms with Crippen LogP contribution >= 0.6 is 0 Å². The van der Waals surface area contributed by atoms with Crippen LogP contribution in [0.15, 0.2) is 30.3 Å². The number of aliphatic hydroxyl groups is 2. The van der Waals surface area contributed by atoms with Gasteiger partial charge >= 0.3 is 0 Å². The van der Waals surface area contributed by atoms with Gasteiger partial charge in [0.1, 0.15) is 12.2 Å². The summed E-state index contributed by atoms with van der Waals surface area (Å²) in [6, 6.07) is 7.73. The molecule has 0 fully saturated rings. The Morgan fingerprint density at radius 2 is 1.29 bits per heavy atom. The van der Waals surface area contributed by atoms with E-state index in [0.717, 1.165) is 4.90 Å². The number of hydrogen-bond donors (Lipinski definition) is 2. The van der Waals surface area contributed by atoms with E-state index >= 15 is 0 Å². The van der Waals surface area contributed by atoms with Crippen molar-refractivity contribution < 1.29 is 27.0 Å². The second-order valence-electron chi connectivity index (χ2n) is 4.17. The minimum absolute atomic E-state index is 0.192. The van der Waals surface area contributed by atoms with E-state index in [-0.39, 0.29) is 5.69 Å². The van der Waals surface area contributed by atoms with Crippen molar-refractivity contribution in [3.63, 3.8) is 0 Å². The van der Waals surface area contributed by atoms with Crippen LogP contribution < -0.4 is 4.90 Å². The van der Waals surface area contributed by atoms with E-state index in [1.54, 1.807) is 18.2 Å². The number of anilines is 1. The van der Waals surface area contributed by atoms with Crippen LogP contribution in [0, 0.1) is 0 Å². The summed E-state index contributed by atoms with van der Waals surface area (Å²) in [6.45, 7) is 2.38. The van der Waals surface area contributed by atoms with Crippen LogP contribution in [0.3, 0.4) is 0 Å². The molecule has 0 saturated heterocycles. The Labute approximate surface area is 125 Å². The maximum atomic E-state index is 11.4. The SMILES string of the molecule is CC(O)C(N(C(C(C)O)=S(=O)=O)c1ccccc1)=S(=O)=O. The summed E-state index contributed by atoms with van der Waals surface area (Å²) >= 11 is 0. The van der Waals surface area contributed by atoms with Gasteiger partial charge in [0.2, 0.25) is 20.6 Å². The first-order valence-electron chi connectivity index (χ1n) is 5.90. The summed E-state index contributed by atoms with van der Waals surface area (Å²) < 4.78 is 45.5. The van der Waals surface area contributed by atoms with Crippen LogP contribution in [0.1, 0.15) is 13.8 Å². The highest BCUT2D eigenvalue weighted by atomic mass is 32.2. The molecular formula is C12H15NO6S2. The van der Waals surface area contributed by atoms with Gasteiger partial charge in [-0.25, -0.2) is 0 Å². The number of rotatable bonds is 3. The Balaban J connectivity index is 3.77. The third kappa shape index (κ3) is 4.14. The lowest BCUT2D eigenvalue weighted by molar-refractivity contribution is 0.258. The molecule has 1 rings (SSSR count). The summed E-state index contributed by atoms with van der Waals surface area (Å²) in [4.78, 5) is -0.315. The van der Waals surface area contributed by atoms with E-state index in [9.17, 15) is 27.0 Å². The largest absolute Gasteiger partial charge is 0.386 e. The summed E-state index contributed by atoms with van der Waals surface area (Å²) in [7, 11) is -5.76. The number of benzene rings is 1. The standard InChI is InChI=1S/C12H15NO6S2/c1-8(14)11(20(16)17)13(10-6-4-3-5-7-10)12(9(2)15)21(18)19/h3-9,14-15H,1-2H3. The van der Waals surface area contributed by atoms with E-state index in [0.29, 0.717) is 0 Å². The third-order valence-electron chi connectivity index (χ3n) is 2.51. The maximum Gasteiger partial charge on any atom is 0.237 e. The molecule has 0 spiro atoms. The maximum absolute atomic E-state index is 11.4. The molecule has 0 aliphatic rings. The lowest BCUT2D eigenvalue weighted by atomic mass is 10.2. The van der Waals surface area contributed by atoms with Crippen molar-refractivity contribution >= 4 is 36.3 Å². The second-order valence-corrected chi connectivity index (χ2v) is 5.94. The summed E-state index contributed by atoms with van der Waals surface area (Å²) in [5.41, 5.74) is 0.192. The molecule has 0 radical (unpaired) electrons. The predicted octanol–water partition coefficient (Wildman–Crippen LogP) is -0.727. The third-order valence-corrected chi connectivity index (χ3v) is 4.24. The van der Waals surface area contributed by atoms with E-state index in [1.807, 2.05) is 0 Å². The topological polar surface area (TPSA) is 112 Å². The van der Waals surface area contributed by atoms with Crippen LogP contribution in [0.4, 0.5) is 5.69 Å². The molecule has 1 aromatic carbocycles. The molecule has 2 atom stereocenters. The van der Waals surface area contributed by atoms with Gasteiger partial charge in [-0.05, 0) is 26.0 Å². The van der Waals surface area contributed by atoms with Crippen LogP contribution in [0.5, 0.6) is 0 Å². The normalized spacial score (nSPS) is 13.1. The molecule has 0 saturated carbocycles. The summed E-state index contributed by atoms with van der Waals surface area (Å²) in [5.74, 6) is 0. The first-order chi connectivity index (χ1) is 9.77. The highest BCUT2D eigenvalue weighted by Crippen LogP contribution is 2.17. The van der Waals surface area contributed by atoms with E-state index in [4.69, 9.17) is 0 Å². The first kappa shape index (κ1) is 17.4. The monoisotopic (exact) mass is 333 g/mol. The van der Waals surface area contributed by atoms with Crippen molar-refractivity contribution in [3.8, 4) is 0 Å². The number of aliphatic hydroxyl groups excluding tert-OH is 2. The van der Waals surface area contributed by atoms with Crippen LogP contribution in [-0.4, -0.2) is 49.2 Å².